The molecular weight excluding hydrogens is 220 g/mol. The number of hydrogen-bond acceptors (Lipinski definition) is 4. The molecule has 0 spiro atoms. The molecule has 0 amide bonds. The summed E-state index contributed by atoms with van der Waals surface area (Å²) in [5.41, 5.74) is 0.835. The van der Waals surface area contributed by atoms with Gasteiger partial charge in [-0.1, -0.05) is 43.7 Å². The van der Waals surface area contributed by atoms with E-state index in [0.29, 0.717) is 0 Å². The van der Waals surface area contributed by atoms with Crippen LogP contribution >= 0.6 is 0 Å². The lowest BCUT2D eigenvalue weighted by Gasteiger charge is -2.04. The Kier molecular flexibility index (Phi) is 5.79. The van der Waals surface area contributed by atoms with Crippen LogP contribution in [0.2, 0.25) is 0 Å². The summed E-state index contributed by atoms with van der Waals surface area (Å²) < 4.78 is 9.53. The van der Waals surface area contributed by atoms with Gasteiger partial charge < -0.3 is 9.47 Å². The van der Waals surface area contributed by atoms with Gasteiger partial charge in [0.2, 0.25) is 0 Å². The van der Waals surface area contributed by atoms with Crippen LogP contribution in [0.25, 0.3) is 0 Å². The zero-order valence-electron chi connectivity index (χ0n) is 9.85. The van der Waals surface area contributed by atoms with Crippen molar-refractivity contribution in [2.24, 2.45) is 0 Å². The Labute approximate surface area is 101 Å². The summed E-state index contributed by atoms with van der Waals surface area (Å²) in [4.78, 5) is 22.4. The first-order valence-corrected chi connectivity index (χ1v) is 5.62. The molecule has 0 saturated carbocycles. The lowest BCUT2D eigenvalue weighted by Crippen LogP contribution is -2.20. The molecule has 4 heteroatoms. The van der Waals surface area contributed by atoms with Crippen molar-refractivity contribution in [3.8, 4) is 0 Å². The van der Waals surface area contributed by atoms with Crippen molar-refractivity contribution in [1.29, 1.82) is 0 Å². The van der Waals surface area contributed by atoms with Crippen molar-refractivity contribution < 1.29 is 19.1 Å². The zero-order chi connectivity index (χ0) is 12.5. The summed E-state index contributed by atoms with van der Waals surface area (Å²) in [6.45, 7) is 2.32. The third-order valence-electron chi connectivity index (χ3n) is 2.11. The summed E-state index contributed by atoms with van der Waals surface area (Å²) in [7, 11) is 0. The van der Waals surface area contributed by atoms with Gasteiger partial charge in [-0.25, -0.2) is 9.59 Å². The first-order valence-electron chi connectivity index (χ1n) is 5.62. The van der Waals surface area contributed by atoms with Crippen LogP contribution in [0.3, 0.4) is 0 Å². The average molecular weight is 236 g/mol. The molecule has 4 nitrogen and oxygen atoms in total. The zero-order valence-corrected chi connectivity index (χ0v) is 9.85. The molecule has 92 valence electrons. The van der Waals surface area contributed by atoms with Crippen molar-refractivity contribution in [1.82, 2.24) is 0 Å². The van der Waals surface area contributed by atoms with Crippen LogP contribution in [0.4, 0.5) is 0 Å². The van der Waals surface area contributed by atoms with Crippen LogP contribution in [0.15, 0.2) is 30.3 Å². The molecule has 0 radical (unpaired) electrons. The number of carbonyl (C=O) groups is 2. The summed E-state index contributed by atoms with van der Waals surface area (Å²) in [6, 6.07) is 9.17. The predicted molar refractivity (Wildman–Crippen MR) is 62.1 cm³/mol. The molecule has 1 rings (SSSR count). The number of benzene rings is 1. The Bertz CT molecular complexity index is 359. The van der Waals surface area contributed by atoms with Crippen LogP contribution in [-0.4, -0.2) is 18.5 Å². The number of unbranched alkanes of at least 4 members (excludes halogenated alkanes) is 1. The third kappa shape index (κ3) is 5.15. The van der Waals surface area contributed by atoms with Crippen molar-refractivity contribution in [2.45, 2.75) is 26.4 Å². The van der Waals surface area contributed by atoms with Gasteiger partial charge in [0.1, 0.15) is 6.61 Å². The summed E-state index contributed by atoms with van der Waals surface area (Å²) in [5, 5.41) is 0. The topological polar surface area (TPSA) is 52.6 Å². The fourth-order valence-corrected chi connectivity index (χ4v) is 1.15. The van der Waals surface area contributed by atoms with Crippen LogP contribution in [0.5, 0.6) is 0 Å². The lowest BCUT2D eigenvalue weighted by atomic mass is 10.2. The predicted octanol–water partition coefficient (Wildman–Crippen LogP) is 2.07. The Balaban J connectivity index is 2.27. The second kappa shape index (κ2) is 7.44. The molecule has 0 atom stereocenters. The van der Waals surface area contributed by atoms with E-state index in [9.17, 15) is 9.59 Å². The van der Waals surface area contributed by atoms with Crippen molar-refractivity contribution in [3.63, 3.8) is 0 Å². The van der Waals surface area contributed by atoms with E-state index >= 15 is 0 Å². The maximum atomic E-state index is 11.2. The van der Waals surface area contributed by atoms with Gasteiger partial charge in [0.15, 0.2) is 0 Å². The first kappa shape index (κ1) is 13.2. The third-order valence-corrected chi connectivity index (χ3v) is 2.11. The fraction of sp³-hybridized carbons (Fsp3) is 0.385. The smallest absolute Gasteiger partial charge is 0.417 e. The van der Waals surface area contributed by atoms with Gasteiger partial charge >= 0.3 is 11.9 Å². The molecule has 0 fully saturated rings. The van der Waals surface area contributed by atoms with E-state index < -0.39 is 11.9 Å². The minimum Gasteiger partial charge on any atom is -0.457 e. The standard InChI is InChI=1S/C13H16O4/c1-2-3-9-16-12(14)13(15)17-10-11-7-5-4-6-8-11/h4-8H,2-3,9-10H2,1H3. The second-order valence-corrected chi connectivity index (χ2v) is 3.55. The highest BCUT2D eigenvalue weighted by Crippen LogP contribution is 2.01. The molecule has 0 aliphatic rings. The van der Waals surface area contributed by atoms with Crippen molar-refractivity contribution in [2.75, 3.05) is 6.61 Å². The van der Waals surface area contributed by atoms with Gasteiger partial charge in [-0.05, 0) is 12.0 Å². The van der Waals surface area contributed by atoms with Crippen LogP contribution in [0, 0.1) is 0 Å². The van der Waals surface area contributed by atoms with Gasteiger partial charge in [0.05, 0.1) is 6.61 Å². The van der Waals surface area contributed by atoms with Gasteiger partial charge in [0, 0.05) is 0 Å². The molecule has 1 aromatic rings. The highest BCUT2D eigenvalue weighted by Gasteiger charge is 2.16. The second-order valence-electron chi connectivity index (χ2n) is 3.55. The van der Waals surface area contributed by atoms with E-state index in [1.54, 1.807) is 0 Å². The number of hydrogen-bond donors (Lipinski definition) is 0. The van der Waals surface area contributed by atoms with Crippen LogP contribution in [0.1, 0.15) is 25.3 Å². The molecule has 0 aliphatic carbocycles. The molecule has 0 heterocycles. The molecule has 0 saturated heterocycles. The van der Waals surface area contributed by atoms with Crippen molar-refractivity contribution in [3.05, 3.63) is 35.9 Å². The monoisotopic (exact) mass is 236 g/mol. The quantitative estimate of drug-likeness (QED) is 0.446. The maximum Gasteiger partial charge on any atom is 0.417 e. The molecule has 0 N–H and O–H groups in total. The molecule has 0 aliphatic heterocycles. The van der Waals surface area contributed by atoms with Crippen molar-refractivity contribution >= 4 is 11.9 Å². The SMILES string of the molecule is CCCCOC(=O)C(=O)OCc1ccccc1. The van der Waals surface area contributed by atoms with E-state index in [-0.39, 0.29) is 13.2 Å². The minimum atomic E-state index is -0.940. The fourth-order valence-electron chi connectivity index (χ4n) is 1.15. The average Bonchev–Trinajstić information content (AvgIpc) is 2.37. The van der Waals surface area contributed by atoms with Gasteiger partial charge in [-0.3, -0.25) is 0 Å². The van der Waals surface area contributed by atoms with Gasteiger partial charge in [-0.15, -0.1) is 0 Å². The number of rotatable bonds is 5. The van der Waals surface area contributed by atoms with E-state index in [4.69, 9.17) is 9.47 Å². The number of carbonyl (C=O) groups excluding carboxylic acids is 2. The Hall–Kier alpha value is -1.84. The molecule has 1 aromatic carbocycles. The Morgan fingerprint density at radius 3 is 2.35 bits per heavy atom. The van der Waals surface area contributed by atoms with Crippen LogP contribution < -0.4 is 0 Å². The van der Waals surface area contributed by atoms with E-state index in [2.05, 4.69) is 0 Å². The van der Waals surface area contributed by atoms with Crippen LogP contribution in [-0.2, 0) is 25.7 Å². The normalized spacial score (nSPS) is 9.71. The summed E-state index contributed by atoms with van der Waals surface area (Å²) in [6.07, 6.45) is 1.66. The van der Waals surface area contributed by atoms with E-state index in [0.717, 1.165) is 18.4 Å². The van der Waals surface area contributed by atoms with E-state index in [1.807, 2.05) is 37.3 Å². The molecule has 0 unspecified atom stereocenters. The Morgan fingerprint density at radius 2 is 1.71 bits per heavy atom. The lowest BCUT2D eigenvalue weighted by molar-refractivity contribution is -0.168. The minimum absolute atomic E-state index is 0.0859. The first-order chi connectivity index (χ1) is 8.24. The van der Waals surface area contributed by atoms with Gasteiger partial charge in [0.25, 0.3) is 0 Å². The highest BCUT2D eigenvalue weighted by atomic mass is 16.6. The number of esters is 2. The molecule has 0 aromatic heterocycles. The number of ether oxygens (including phenoxy) is 2. The molecule has 17 heavy (non-hydrogen) atoms. The highest BCUT2D eigenvalue weighted by molar-refractivity contribution is 6.29. The summed E-state index contributed by atoms with van der Waals surface area (Å²) >= 11 is 0. The molecule has 0 bridgehead atoms. The maximum absolute atomic E-state index is 11.2. The molecular formula is C13H16O4. The summed E-state index contributed by atoms with van der Waals surface area (Å²) in [5.74, 6) is -1.86. The Morgan fingerprint density at radius 1 is 1.06 bits per heavy atom. The van der Waals surface area contributed by atoms with E-state index in [1.165, 1.54) is 0 Å². The largest absolute Gasteiger partial charge is 0.457 e. The van der Waals surface area contributed by atoms with Gasteiger partial charge in [-0.2, -0.15) is 0 Å².